The predicted octanol–water partition coefficient (Wildman–Crippen LogP) is -22.9. The van der Waals surface area contributed by atoms with Crippen LogP contribution in [-0.2, 0) is 36.5 Å². The molecule has 0 aliphatic rings. The van der Waals surface area contributed by atoms with Gasteiger partial charge in [0, 0.05) is 0 Å². The van der Waals surface area contributed by atoms with Gasteiger partial charge in [-0.3, -0.25) is 32.0 Å². The van der Waals surface area contributed by atoms with Gasteiger partial charge in [-0.05, 0) is 0 Å². The molecule has 0 aliphatic carbocycles. The van der Waals surface area contributed by atoms with Gasteiger partial charge in [0.05, 0.1) is 7.82 Å². The molecule has 0 rings (SSSR count). The molecule has 15 N–H and O–H groups in total. The number of rotatable bonds is 0. The summed E-state index contributed by atoms with van der Waals surface area (Å²) in [6.45, 7) is 0. The molecule has 0 unspecified atom stereocenters. The molecule has 0 aromatic heterocycles. The molecule has 0 saturated carbocycles. The van der Waals surface area contributed by atoms with Gasteiger partial charge >= 0.3 is 123 Å². The third-order valence-electron chi connectivity index (χ3n) is 0. The average molecular weight is 898 g/mol. The topological polar surface area (TPSA) is 648 Å². The Kier molecular flexibility index (Phi) is 78.2. The van der Waals surface area contributed by atoms with Gasteiger partial charge in [-0.1, -0.05) is 0 Å². The van der Waals surface area contributed by atoms with Gasteiger partial charge in [0.15, 0.2) is 0 Å². The summed E-state index contributed by atoms with van der Waals surface area (Å²) in [5, 5.41) is 0. The van der Waals surface area contributed by atoms with Crippen molar-refractivity contribution in [2.45, 2.75) is 0 Å². The van der Waals surface area contributed by atoms with E-state index in [-0.39, 0.29) is 123 Å². The zero-order chi connectivity index (χ0) is 36.0. The van der Waals surface area contributed by atoms with Gasteiger partial charge in [0.1, 0.15) is 0 Å². The molecule has 0 aromatic carbocycles. The van der Waals surface area contributed by atoms with Crippen LogP contribution in [-0.4, -0.2) is 108 Å². The van der Waals surface area contributed by atoms with Crippen molar-refractivity contribution in [1.82, 2.24) is 0 Å². The third kappa shape index (κ3) is 4410. The first kappa shape index (κ1) is 87.7. The van der Waals surface area contributed by atoms with Crippen molar-refractivity contribution < 1.29 is 243 Å². The zero-order valence-electron chi connectivity index (χ0n) is 21.4. The zero-order valence-corrected chi connectivity index (χ0v) is 36.8. The molecule has 0 bridgehead atoms. The molecule has 0 amide bonds. The first-order valence-electron chi connectivity index (χ1n) is 6.10. The largest absolute Gasteiger partial charge is 3.00 e. The molecule has 0 atom stereocenters. The van der Waals surface area contributed by atoms with E-state index >= 15 is 0 Å². The van der Waals surface area contributed by atoms with Crippen molar-refractivity contribution in [3.05, 3.63) is 0 Å². The molecule has 0 saturated heterocycles. The molecule has 0 fully saturated rings. The second-order valence-electron chi connectivity index (χ2n) is 3.90. The van der Waals surface area contributed by atoms with Crippen molar-refractivity contribution in [3.63, 3.8) is 0 Å². The quantitative estimate of drug-likeness (QED) is 0.0793. The Balaban J connectivity index is -0.0000000233. The van der Waals surface area contributed by atoms with Crippen LogP contribution in [0.15, 0.2) is 0 Å². The van der Waals surface area contributed by atoms with E-state index in [1.54, 1.807) is 0 Å². The summed E-state index contributed by atoms with van der Waals surface area (Å²) in [6.07, 6.45) is 0. The Morgan fingerprint density at radius 1 is 0.244 bits per heavy atom. The van der Waals surface area contributed by atoms with Crippen LogP contribution in [0.2, 0.25) is 0 Å². The van der Waals surface area contributed by atoms with Crippen LogP contribution < -0.4 is 133 Å². The summed E-state index contributed by atoms with van der Waals surface area (Å²) in [6, 6.07) is 0. The van der Waals surface area contributed by atoms with Crippen molar-refractivity contribution >= 4 is 97.3 Å². The summed E-state index contributed by atoms with van der Waals surface area (Å²) >= 11 is 0. The smallest absolute Gasteiger partial charge is 0.790 e. The van der Waals surface area contributed by atoms with E-state index in [1.165, 1.54) is 0 Å². The van der Waals surface area contributed by atoms with E-state index < -0.39 is 62.6 Å². The normalized spacial score (nSPS) is 10.5. The molecule has 45 heteroatoms. The van der Waals surface area contributed by atoms with Crippen LogP contribution in [0.5, 0.6) is 0 Å². The maximum absolute atomic E-state index is 8.77. The third-order valence-corrected chi connectivity index (χ3v) is 0. The summed E-state index contributed by atoms with van der Waals surface area (Å²) < 4.78 is 70.1. The molecule has 0 aliphatic heterocycles. The van der Waals surface area contributed by atoms with Crippen LogP contribution in [0.25, 0.3) is 0 Å². The summed E-state index contributed by atoms with van der Waals surface area (Å²) in [5.41, 5.74) is 0. The van der Waals surface area contributed by atoms with Crippen LogP contribution in [0.1, 0.15) is 0 Å². The minimum Gasteiger partial charge on any atom is -0.790 e. The van der Waals surface area contributed by atoms with Gasteiger partial charge in [0.2, 0.25) is 0 Å². The van der Waals surface area contributed by atoms with E-state index in [9.17, 15) is 0 Å². The maximum atomic E-state index is 8.77. The fourth-order valence-corrected chi connectivity index (χ4v) is 0. The first-order chi connectivity index (χ1) is 16.0. The van der Waals surface area contributed by atoms with Crippen molar-refractivity contribution in [3.8, 4) is 0 Å². The molecular weight excluding hydrogens is 883 g/mol. The van der Waals surface area contributed by atoms with Gasteiger partial charge < -0.3 is 122 Å². The Labute approximate surface area is 336 Å². The summed E-state index contributed by atoms with van der Waals surface area (Å²) in [7, 11) is -39.4. The first-order valence-corrected chi connectivity index (χ1v) is 18.3. The predicted molar refractivity (Wildman–Crippen MR) is 106 cm³/mol. The van der Waals surface area contributed by atoms with Crippen molar-refractivity contribution in [1.29, 1.82) is 0 Å². The number of hydrogen-bond acceptors (Lipinski definition) is 17. The van der Waals surface area contributed by atoms with Gasteiger partial charge in [-0.15, -0.1) is 0 Å². The number of hydrogen-bond donors (Lipinski definition) is 15. The number of phosphoric acid groups is 8. The van der Waals surface area contributed by atoms with Crippen LogP contribution in [0, 0.1) is 0 Å². The maximum Gasteiger partial charge on any atom is 3.00 e. The monoisotopic (exact) mass is 898 g/mol. The van der Waals surface area contributed by atoms with Crippen molar-refractivity contribution in [2.24, 2.45) is 0 Å². The second-order valence-corrected chi connectivity index (χ2v) is 11.7. The van der Waals surface area contributed by atoms with Gasteiger partial charge in [-0.25, -0.2) is 0 Å². The molecule has 45 heavy (non-hydrogen) atoms. The SMILES string of the molecule is O=P([O-])(O)O.O=P([O-])(O)O.O=P([O-])(O)O.O=P([O-])(O)O.O=P([O-])(O)O.O=P([O-])(O)O.O=P([O-])(O)O.O=P([O-])([O-])O.[Al+3].[Al+3].[Na+].[Na+].[Na+]. The Hall–Kier alpha value is 4.94. The standard InChI is InChI=1S/2Al.3Na.8H3O4P/c;;;;;8*1-5(2,3)4/h;;;;;8*(H3,1,2,3,4)/q2*+3;3*+1;;;;;;;;/p-9. The summed E-state index contributed by atoms with van der Waals surface area (Å²) in [4.78, 5) is 185. The molecular formula is H15Al2Na3O32P8. The molecule has 0 spiro atoms. The van der Waals surface area contributed by atoms with Gasteiger partial charge in [0.25, 0.3) is 54.8 Å². The Bertz CT molecular complexity index is 666. The van der Waals surface area contributed by atoms with E-state index in [4.69, 9.17) is 154 Å². The summed E-state index contributed by atoms with van der Waals surface area (Å²) in [5.74, 6) is 0. The van der Waals surface area contributed by atoms with E-state index in [1.807, 2.05) is 0 Å². The fraction of sp³-hybridized carbons (Fsp3) is 0. The van der Waals surface area contributed by atoms with Crippen LogP contribution in [0.3, 0.4) is 0 Å². The molecule has 32 nitrogen and oxygen atoms in total. The molecule has 0 aromatic rings. The molecule has 0 heterocycles. The minimum atomic E-state index is -5.14. The van der Waals surface area contributed by atoms with E-state index in [0.717, 1.165) is 0 Å². The Morgan fingerprint density at radius 2 is 0.244 bits per heavy atom. The van der Waals surface area contributed by atoms with E-state index in [0.29, 0.717) is 0 Å². The van der Waals surface area contributed by atoms with Gasteiger partial charge in [-0.2, -0.15) is 0 Å². The second kappa shape index (κ2) is 40.1. The van der Waals surface area contributed by atoms with Crippen LogP contribution in [0.4, 0.5) is 0 Å². The average Bonchev–Trinajstić information content (AvgIpc) is 2.16. The van der Waals surface area contributed by atoms with E-state index in [2.05, 4.69) is 0 Å². The minimum absolute atomic E-state index is 0. The van der Waals surface area contributed by atoms with Crippen molar-refractivity contribution in [2.75, 3.05) is 0 Å². The van der Waals surface area contributed by atoms with Crippen LogP contribution >= 0.6 is 62.6 Å². The fourth-order valence-electron chi connectivity index (χ4n) is 0. The molecule has 0 radical (unpaired) electrons. The molecule has 256 valence electrons. The Morgan fingerprint density at radius 3 is 0.244 bits per heavy atom.